The Labute approximate surface area is 149 Å². The summed E-state index contributed by atoms with van der Waals surface area (Å²) in [7, 11) is 0. The standard InChI is InChI=1S/C19H28ClN3O/c1-14(24)21-15-8-10-16(11-9-15)22-17-5-4-12-23(13-17)19-7-3-2-6-18(19)20/h2-3,6-7,15-17,22H,4-5,8-13H2,1H3,(H,21,24). The van der Waals surface area contributed by atoms with Crippen LogP contribution < -0.4 is 15.5 Å². The summed E-state index contributed by atoms with van der Waals surface area (Å²) < 4.78 is 0. The number of nitrogens with one attached hydrogen (secondary N) is 2. The minimum Gasteiger partial charge on any atom is -0.369 e. The summed E-state index contributed by atoms with van der Waals surface area (Å²) in [5.41, 5.74) is 1.15. The van der Waals surface area contributed by atoms with Gasteiger partial charge in [-0.2, -0.15) is 0 Å². The second kappa shape index (κ2) is 8.21. The van der Waals surface area contributed by atoms with E-state index >= 15 is 0 Å². The molecule has 1 saturated carbocycles. The van der Waals surface area contributed by atoms with Crippen LogP contribution in [0.1, 0.15) is 45.4 Å². The Hall–Kier alpha value is -1.26. The number of piperidine rings is 1. The van der Waals surface area contributed by atoms with E-state index in [0.717, 1.165) is 49.5 Å². The van der Waals surface area contributed by atoms with Gasteiger partial charge in [-0.15, -0.1) is 0 Å². The number of halogens is 1. The van der Waals surface area contributed by atoms with E-state index in [1.165, 1.54) is 12.8 Å². The smallest absolute Gasteiger partial charge is 0.217 e. The fourth-order valence-electron chi connectivity index (χ4n) is 4.07. The predicted octanol–water partition coefficient (Wildman–Crippen LogP) is 3.35. The van der Waals surface area contributed by atoms with Crippen molar-refractivity contribution >= 4 is 23.2 Å². The van der Waals surface area contributed by atoms with Gasteiger partial charge < -0.3 is 15.5 Å². The van der Waals surface area contributed by atoms with E-state index in [1.54, 1.807) is 6.92 Å². The van der Waals surface area contributed by atoms with Crippen molar-refractivity contribution in [2.75, 3.05) is 18.0 Å². The summed E-state index contributed by atoms with van der Waals surface area (Å²) in [5, 5.41) is 7.75. The van der Waals surface area contributed by atoms with Crippen LogP contribution in [0.15, 0.2) is 24.3 Å². The number of para-hydroxylation sites is 1. The number of hydrogen-bond acceptors (Lipinski definition) is 3. The number of anilines is 1. The first kappa shape index (κ1) is 17.6. The molecule has 4 nitrogen and oxygen atoms in total. The van der Waals surface area contributed by atoms with E-state index in [9.17, 15) is 4.79 Å². The van der Waals surface area contributed by atoms with Gasteiger partial charge in [-0.3, -0.25) is 4.79 Å². The number of amides is 1. The lowest BCUT2D eigenvalue weighted by atomic mass is 9.90. The molecule has 0 radical (unpaired) electrons. The fourth-order valence-corrected chi connectivity index (χ4v) is 4.32. The summed E-state index contributed by atoms with van der Waals surface area (Å²) in [6.07, 6.45) is 6.88. The molecule has 0 spiro atoms. The molecule has 1 aliphatic heterocycles. The maximum absolute atomic E-state index is 11.2. The van der Waals surface area contributed by atoms with Gasteiger partial charge in [0.2, 0.25) is 5.91 Å². The van der Waals surface area contributed by atoms with Crippen LogP contribution in [0.4, 0.5) is 5.69 Å². The molecule has 2 aliphatic rings. The summed E-state index contributed by atoms with van der Waals surface area (Å²) in [5.74, 6) is 0.0917. The van der Waals surface area contributed by atoms with Crippen molar-refractivity contribution in [3.05, 3.63) is 29.3 Å². The number of carbonyl (C=O) groups is 1. The summed E-state index contributed by atoms with van der Waals surface area (Å²) >= 11 is 6.36. The van der Waals surface area contributed by atoms with Crippen LogP contribution in [0.25, 0.3) is 0 Å². The van der Waals surface area contributed by atoms with Gasteiger partial charge in [0.05, 0.1) is 10.7 Å². The highest BCUT2D eigenvalue weighted by Gasteiger charge is 2.26. The predicted molar refractivity (Wildman–Crippen MR) is 99.7 cm³/mol. The highest BCUT2D eigenvalue weighted by Crippen LogP contribution is 2.28. The molecule has 1 aromatic carbocycles. The van der Waals surface area contributed by atoms with Crippen molar-refractivity contribution in [3.63, 3.8) is 0 Å². The van der Waals surface area contributed by atoms with Crippen LogP contribution in [0.3, 0.4) is 0 Å². The molecule has 1 atom stereocenters. The lowest BCUT2D eigenvalue weighted by Gasteiger charge is -2.38. The van der Waals surface area contributed by atoms with Crippen LogP contribution in [0, 0.1) is 0 Å². The van der Waals surface area contributed by atoms with Crippen LogP contribution >= 0.6 is 11.6 Å². The molecule has 1 aliphatic carbocycles. The molecule has 2 fully saturated rings. The second-order valence-corrected chi connectivity index (χ2v) is 7.56. The average Bonchev–Trinajstić information content (AvgIpc) is 2.57. The molecule has 132 valence electrons. The maximum atomic E-state index is 11.2. The van der Waals surface area contributed by atoms with Crippen molar-refractivity contribution in [1.82, 2.24) is 10.6 Å². The Morgan fingerprint density at radius 3 is 2.50 bits per heavy atom. The minimum atomic E-state index is 0.0917. The van der Waals surface area contributed by atoms with Gasteiger partial charge in [0.15, 0.2) is 0 Å². The molecule has 1 aromatic rings. The molecule has 0 aromatic heterocycles. The zero-order valence-electron chi connectivity index (χ0n) is 14.4. The molecule has 1 amide bonds. The van der Waals surface area contributed by atoms with Crippen molar-refractivity contribution in [2.24, 2.45) is 0 Å². The first-order valence-corrected chi connectivity index (χ1v) is 9.52. The van der Waals surface area contributed by atoms with Gasteiger partial charge in [0.1, 0.15) is 0 Å². The van der Waals surface area contributed by atoms with E-state index in [2.05, 4.69) is 27.7 Å². The van der Waals surface area contributed by atoms with Gasteiger partial charge in [0.25, 0.3) is 0 Å². The van der Waals surface area contributed by atoms with Gasteiger partial charge in [0, 0.05) is 38.1 Å². The Morgan fingerprint density at radius 2 is 1.79 bits per heavy atom. The maximum Gasteiger partial charge on any atom is 0.217 e. The number of rotatable bonds is 4. The Balaban J connectivity index is 1.50. The highest BCUT2D eigenvalue weighted by atomic mass is 35.5. The minimum absolute atomic E-state index is 0.0917. The van der Waals surface area contributed by atoms with Crippen molar-refractivity contribution in [1.29, 1.82) is 0 Å². The van der Waals surface area contributed by atoms with Crippen LogP contribution in [-0.2, 0) is 4.79 Å². The second-order valence-electron chi connectivity index (χ2n) is 7.15. The first-order valence-electron chi connectivity index (χ1n) is 9.14. The zero-order chi connectivity index (χ0) is 16.9. The third-order valence-electron chi connectivity index (χ3n) is 5.22. The third kappa shape index (κ3) is 4.64. The number of carbonyl (C=O) groups excluding carboxylic acids is 1. The molecular formula is C19H28ClN3O. The number of benzene rings is 1. The summed E-state index contributed by atoms with van der Waals surface area (Å²) in [6.45, 7) is 3.71. The van der Waals surface area contributed by atoms with E-state index in [-0.39, 0.29) is 5.91 Å². The molecule has 2 N–H and O–H groups in total. The molecule has 3 rings (SSSR count). The van der Waals surface area contributed by atoms with E-state index in [0.29, 0.717) is 18.1 Å². The van der Waals surface area contributed by atoms with Crippen LogP contribution in [0.2, 0.25) is 5.02 Å². The first-order chi connectivity index (χ1) is 11.6. The molecule has 1 heterocycles. The Kier molecular flexibility index (Phi) is 6.01. The average molecular weight is 350 g/mol. The largest absolute Gasteiger partial charge is 0.369 e. The quantitative estimate of drug-likeness (QED) is 0.876. The summed E-state index contributed by atoms with van der Waals surface area (Å²) in [6, 6.07) is 9.59. The molecule has 5 heteroatoms. The summed E-state index contributed by atoms with van der Waals surface area (Å²) in [4.78, 5) is 13.6. The Morgan fingerprint density at radius 1 is 1.08 bits per heavy atom. The van der Waals surface area contributed by atoms with Crippen molar-refractivity contribution < 1.29 is 4.79 Å². The molecule has 1 saturated heterocycles. The topological polar surface area (TPSA) is 44.4 Å². The number of hydrogen-bond donors (Lipinski definition) is 2. The van der Waals surface area contributed by atoms with Crippen molar-refractivity contribution in [3.8, 4) is 0 Å². The normalized spacial score (nSPS) is 27.8. The molecule has 0 bridgehead atoms. The van der Waals surface area contributed by atoms with Crippen LogP contribution in [0.5, 0.6) is 0 Å². The highest BCUT2D eigenvalue weighted by molar-refractivity contribution is 6.33. The Bertz CT molecular complexity index is 557. The zero-order valence-corrected chi connectivity index (χ0v) is 15.2. The fraction of sp³-hybridized carbons (Fsp3) is 0.632. The van der Waals surface area contributed by atoms with Crippen molar-refractivity contribution in [2.45, 2.75) is 63.6 Å². The number of nitrogens with zero attached hydrogens (tertiary/aromatic N) is 1. The van der Waals surface area contributed by atoms with E-state index in [4.69, 9.17) is 11.6 Å². The lowest BCUT2D eigenvalue weighted by Crippen LogP contribution is -2.51. The van der Waals surface area contributed by atoms with E-state index < -0.39 is 0 Å². The van der Waals surface area contributed by atoms with E-state index in [1.807, 2.05) is 12.1 Å². The van der Waals surface area contributed by atoms with Gasteiger partial charge in [-0.1, -0.05) is 23.7 Å². The van der Waals surface area contributed by atoms with Crippen LogP contribution in [-0.4, -0.2) is 37.1 Å². The monoisotopic (exact) mass is 349 g/mol. The lowest BCUT2D eigenvalue weighted by molar-refractivity contribution is -0.119. The molecule has 24 heavy (non-hydrogen) atoms. The van der Waals surface area contributed by atoms with Gasteiger partial charge in [-0.05, 0) is 50.7 Å². The van der Waals surface area contributed by atoms with Gasteiger partial charge >= 0.3 is 0 Å². The SMILES string of the molecule is CC(=O)NC1CCC(NC2CCCN(c3ccccc3Cl)C2)CC1. The molecular weight excluding hydrogens is 322 g/mol. The third-order valence-corrected chi connectivity index (χ3v) is 5.54. The van der Waals surface area contributed by atoms with Gasteiger partial charge in [-0.25, -0.2) is 0 Å². The molecule has 1 unspecified atom stereocenters.